The van der Waals surface area contributed by atoms with Crippen molar-refractivity contribution in [3.63, 3.8) is 0 Å². The van der Waals surface area contributed by atoms with E-state index in [1.807, 2.05) is 54.2 Å². The zero-order valence-electron chi connectivity index (χ0n) is 36.0. The van der Waals surface area contributed by atoms with Crippen molar-refractivity contribution >= 4 is 17.9 Å². The molecule has 61 heavy (non-hydrogen) atoms. The minimum absolute atomic E-state index is 0.0666. The van der Waals surface area contributed by atoms with Gasteiger partial charge in [-0.05, 0) is 105 Å². The SMILES string of the molecule is COC(=O)N[C@H](C(=O)N1CCC[C@H]1c1ncc(C23CCC(c4ccc(-c5cnc([C@@H]6CCCN6C(=O)[C@H](NC6CCOCC6)c6ccccc6)[nH]5)cc4)(CC2)CC3)[nH]1)C(C)C. The number of nitrogens with zero attached hydrogens (tertiary/aromatic N) is 4. The van der Waals surface area contributed by atoms with Crippen LogP contribution in [0.1, 0.15) is 137 Å². The average Bonchev–Trinajstić information content (AvgIpc) is 4.16. The summed E-state index contributed by atoms with van der Waals surface area (Å²) in [7, 11) is 1.32. The lowest BCUT2D eigenvalue weighted by Crippen LogP contribution is -2.51. The maximum Gasteiger partial charge on any atom is 0.407 e. The normalized spacial score (nSPS) is 26.4. The highest BCUT2D eigenvalue weighted by atomic mass is 16.5. The van der Waals surface area contributed by atoms with Gasteiger partial charge in [0, 0.05) is 49.7 Å². The van der Waals surface area contributed by atoms with Crippen LogP contribution in [0.4, 0.5) is 4.79 Å². The van der Waals surface area contributed by atoms with Gasteiger partial charge in [-0.3, -0.25) is 14.9 Å². The van der Waals surface area contributed by atoms with Gasteiger partial charge in [0.2, 0.25) is 11.8 Å². The van der Waals surface area contributed by atoms with E-state index in [4.69, 9.17) is 19.4 Å². The number of fused-ring (bicyclic) bond motifs is 3. The van der Waals surface area contributed by atoms with Crippen molar-refractivity contribution in [3.8, 4) is 11.3 Å². The van der Waals surface area contributed by atoms with Crippen LogP contribution in [-0.2, 0) is 29.9 Å². The van der Waals surface area contributed by atoms with Gasteiger partial charge in [-0.1, -0.05) is 68.4 Å². The first kappa shape index (κ1) is 41.3. The number of ether oxygens (including phenoxy) is 2. The number of amides is 3. The molecule has 6 fully saturated rings. The highest BCUT2D eigenvalue weighted by Gasteiger charge is 2.51. The summed E-state index contributed by atoms with van der Waals surface area (Å²) < 4.78 is 10.4. The number of hydrogen-bond acceptors (Lipinski definition) is 8. The monoisotopic (exact) mass is 830 g/mol. The molecular formula is C48H62N8O5. The number of rotatable bonds is 12. The molecule has 3 amide bonds. The molecule has 13 nitrogen and oxygen atoms in total. The van der Waals surface area contributed by atoms with Crippen molar-refractivity contribution in [2.24, 2.45) is 5.92 Å². The number of nitrogens with one attached hydrogen (secondary N) is 4. The van der Waals surface area contributed by atoms with Crippen LogP contribution in [0.2, 0.25) is 0 Å². The van der Waals surface area contributed by atoms with Gasteiger partial charge in [0.15, 0.2) is 0 Å². The number of likely N-dealkylation sites (tertiary alicyclic amines) is 2. The Bertz CT molecular complexity index is 2140. The lowest BCUT2D eigenvalue weighted by molar-refractivity contribution is -0.136. The van der Waals surface area contributed by atoms with Crippen molar-refractivity contribution in [3.05, 3.63) is 95.5 Å². The molecule has 2 bridgehead atoms. The summed E-state index contributed by atoms with van der Waals surface area (Å²) in [6, 6.07) is 18.2. The Balaban J connectivity index is 0.845. The second-order valence-electron chi connectivity index (χ2n) is 18.6. The molecule has 0 unspecified atom stereocenters. The summed E-state index contributed by atoms with van der Waals surface area (Å²) in [4.78, 5) is 61.2. The summed E-state index contributed by atoms with van der Waals surface area (Å²) in [5.41, 5.74) is 5.90. The Hall–Kier alpha value is -5.01. The number of aromatic nitrogens is 4. The smallest absolute Gasteiger partial charge is 0.407 e. The van der Waals surface area contributed by atoms with E-state index in [-0.39, 0.29) is 46.7 Å². The molecule has 13 heteroatoms. The van der Waals surface area contributed by atoms with Crippen LogP contribution in [0.25, 0.3) is 11.3 Å². The third kappa shape index (κ3) is 8.11. The fourth-order valence-corrected chi connectivity index (χ4v) is 11.2. The van der Waals surface area contributed by atoms with E-state index in [1.54, 1.807) is 0 Å². The molecule has 10 rings (SSSR count). The van der Waals surface area contributed by atoms with E-state index in [0.29, 0.717) is 13.1 Å². The molecule has 4 atom stereocenters. The van der Waals surface area contributed by atoms with E-state index in [9.17, 15) is 14.4 Å². The van der Waals surface area contributed by atoms with Gasteiger partial charge in [-0.2, -0.15) is 0 Å². The second kappa shape index (κ2) is 17.4. The van der Waals surface area contributed by atoms with E-state index >= 15 is 0 Å². The van der Waals surface area contributed by atoms with Crippen molar-refractivity contribution in [2.45, 2.75) is 132 Å². The largest absolute Gasteiger partial charge is 0.453 e. The molecule has 0 spiro atoms. The number of aromatic amines is 2. The molecule has 4 N–H and O–H groups in total. The van der Waals surface area contributed by atoms with E-state index in [0.717, 1.165) is 119 Å². The van der Waals surface area contributed by atoms with Crippen molar-refractivity contribution in [2.75, 3.05) is 33.4 Å². The predicted molar refractivity (Wildman–Crippen MR) is 231 cm³/mol. The van der Waals surface area contributed by atoms with Crippen LogP contribution in [0.3, 0.4) is 0 Å². The molecule has 3 saturated heterocycles. The van der Waals surface area contributed by atoms with Crippen LogP contribution < -0.4 is 10.6 Å². The first-order valence-electron chi connectivity index (χ1n) is 22.7. The average molecular weight is 831 g/mol. The molecule has 2 aromatic heterocycles. The zero-order valence-corrected chi connectivity index (χ0v) is 36.0. The minimum atomic E-state index is -0.652. The van der Waals surface area contributed by atoms with Gasteiger partial charge in [0.05, 0.1) is 31.1 Å². The third-order valence-electron chi connectivity index (χ3n) is 14.9. The molecule has 3 aliphatic heterocycles. The Kier molecular flexibility index (Phi) is 11.8. The number of hydrogen-bond donors (Lipinski definition) is 4. The summed E-state index contributed by atoms with van der Waals surface area (Å²) in [6.45, 7) is 6.68. The molecule has 4 aromatic rings. The minimum Gasteiger partial charge on any atom is -0.453 e. The van der Waals surface area contributed by atoms with Crippen LogP contribution in [0.5, 0.6) is 0 Å². The predicted octanol–water partition coefficient (Wildman–Crippen LogP) is 7.56. The molecule has 6 aliphatic rings. The summed E-state index contributed by atoms with van der Waals surface area (Å²) in [5, 5.41) is 6.45. The molecule has 0 radical (unpaired) electrons. The molecule has 3 saturated carbocycles. The van der Waals surface area contributed by atoms with Crippen LogP contribution in [0.15, 0.2) is 67.0 Å². The zero-order chi connectivity index (χ0) is 42.1. The summed E-state index contributed by atoms with van der Waals surface area (Å²) in [6.07, 6.45) is 15.4. The van der Waals surface area contributed by atoms with Gasteiger partial charge in [-0.15, -0.1) is 0 Å². The van der Waals surface area contributed by atoms with Gasteiger partial charge in [0.25, 0.3) is 0 Å². The van der Waals surface area contributed by atoms with E-state index < -0.39 is 18.2 Å². The summed E-state index contributed by atoms with van der Waals surface area (Å²) >= 11 is 0. The first-order chi connectivity index (χ1) is 29.7. The Morgan fingerprint density at radius 1 is 0.770 bits per heavy atom. The highest BCUT2D eigenvalue weighted by molar-refractivity contribution is 5.86. The Morgan fingerprint density at radius 3 is 2.02 bits per heavy atom. The standard InChI is InChI=1S/C48H62N8O5/c1-31(2)40(54-46(59)60-3)44(57)55-25-8-12-38(55)43-50-30-39(53-43)48-22-19-47(20-23-48,21-24-48)34-15-13-32(14-16-34)36-29-49-42(52-36)37-11-7-26-56(37)45(58)41(33-9-5-4-6-10-33)51-35-17-27-61-28-18-35/h4-6,9-10,13-16,29-31,35,37-38,40-41,51H,7-8,11-12,17-28H2,1-3H3,(H,49,52)(H,50,53)(H,54,59)/t37-,38-,40-,41+,47?,48?/m0/s1. The summed E-state index contributed by atoms with van der Waals surface area (Å²) in [5.74, 6) is 1.65. The molecule has 5 heterocycles. The first-order valence-corrected chi connectivity index (χ1v) is 22.7. The molecule has 2 aromatic carbocycles. The lowest BCUT2D eigenvalue weighted by Gasteiger charge is -2.53. The molecule has 324 valence electrons. The lowest BCUT2D eigenvalue weighted by atomic mass is 9.51. The quantitative estimate of drug-likeness (QED) is 0.114. The van der Waals surface area contributed by atoms with E-state index in [1.165, 1.54) is 18.4 Å². The number of imidazole rings is 2. The van der Waals surface area contributed by atoms with Crippen molar-refractivity contribution < 1.29 is 23.9 Å². The number of carbonyl (C=O) groups is 3. The fraction of sp³-hybridized carbons (Fsp3) is 0.562. The van der Waals surface area contributed by atoms with Crippen LogP contribution in [-0.4, -0.2) is 93.1 Å². The van der Waals surface area contributed by atoms with Gasteiger partial charge in [-0.25, -0.2) is 14.8 Å². The maximum absolute atomic E-state index is 14.4. The number of benzene rings is 2. The van der Waals surface area contributed by atoms with Crippen LogP contribution >= 0.6 is 0 Å². The third-order valence-corrected chi connectivity index (χ3v) is 14.9. The second-order valence-corrected chi connectivity index (χ2v) is 18.6. The van der Waals surface area contributed by atoms with Crippen molar-refractivity contribution in [1.82, 2.24) is 40.4 Å². The highest BCUT2D eigenvalue weighted by Crippen LogP contribution is 2.58. The maximum atomic E-state index is 14.4. The van der Waals surface area contributed by atoms with Gasteiger partial charge < -0.3 is 34.6 Å². The van der Waals surface area contributed by atoms with E-state index in [2.05, 4.69) is 57.0 Å². The fourth-order valence-electron chi connectivity index (χ4n) is 11.2. The van der Waals surface area contributed by atoms with Crippen LogP contribution in [0, 0.1) is 5.92 Å². The number of carbonyl (C=O) groups excluding carboxylic acids is 3. The molecular weight excluding hydrogens is 769 g/mol. The number of H-pyrrole nitrogens is 2. The molecule has 3 aliphatic carbocycles. The Morgan fingerprint density at radius 2 is 1.38 bits per heavy atom. The van der Waals surface area contributed by atoms with Crippen molar-refractivity contribution in [1.29, 1.82) is 0 Å². The Labute approximate surface area is 359 Å². The number of methoxy groups -OCH3 is 1. The number of alkyl carbamates (subject to hydrolysis) is 1. The van der Waals surface area contributed by atoms with Gasteiger partial charge in [0.1, 0.15) is 23.7 Å². The topological polar surface area (TPSA) is 158 Å². The van der Waals surface area contributed by atoms with Gasteiger partial charge >= 0.3 is 6.09 Å².